The Bertz CT molecular complexity index is 1350. The van der Waals surface area contributed by atoms with Gasteiger partial charge in [0.05, 0.1) is 36.3 Å². The van der Waals surface area contributed by atoms with Crippen molar-refractivity contribution in [2.24, 2.45) is 0 Å². The normalized spacial score (nSPS) is 14.2. The van der Waals surface area contributed by atoms with Gasteiger partial charge in [-0.05, 0) is 24.3 Å². The molecule has 0 saturated carbocycles. The molecular weight excluding hydrogens is 465 g/mol. The minimum atomic E-state index is -4.78. The Morgan fingerprint density at radius 2 is 1.74 bits per heavy atom. The molecule has 0 radical (unpaired) electrons. The molecule has 0 atom stereocenters. The fraction of sp³-hybridized carbons (Fsp3) is 0.227. The highest BCUT2D eigenvalue weighted by atomic mass is 19.4. The Morgan fingerprint density at radius 3 is 2.49 bits per heavy atom. The lowest BCUT2D eigenvalue weighted by Gasteiger charge is -2.27. The Hall–Kier alpha value is -4.26. The number of rotatable bonds is 5. The lowest BCUT2D eigenvalue weighted by atomic mass is 10.2. The molecule has 4 heterocycles. The topological polar surface area (TPSA) is 124 Å². The van der Waals surface area contributed by atoms with Gasteiger partial charge in [0.25, 0.3) is 0 Å². The van der Waals surface area contributed by atoms with Gasteiger partial charge in [-0.25, -0.2) is 15.0 Å². The summed E-state index contributed by atoms with van der Waals surface area (Å²) in [6.45, 7) is 2.36. The van der Waals surface area contributed by atoms with Gasteiger partial charge in [-0.1, -0.05) is 0 Å². The second-order valence-corrected chi connectivity index (χ2v) is 7.62. The van der Waals surface area contributed by atoms with Crippen molar-refractivity contribution in [2.45, 2.75) is 6.36 Å². The van der Waals surface area contributed by atoms with Crippen LogP contribution in [0.1, 0.15) is 0 Å². The zero-order chi connectivity index (χ0) is 24.4. The van der Waals surface area contributed by atoms with Gasteiger partial charge in [0, 0.05) is 42.5 Å². The summed E-state index contributed by atoms with van der Waals surface area (Å²) < 4.78 is 47.3. The van der Waals surface area contributed by atoms with Gasteiger partial charge in [0.15, 0.2) is 0 Å². The number of hydrogen-bond donors (Lipinski definition) is 2. The molecule has 1 aromatic carbocycles. The average molecular weight is 484 g/mol. The number of fused-ring (bicyclic) bond motifs is 1. The van der Waals surface area contributed by atoms with Gasteiger partial charge in [-0.15, -0.1) is 13.2 Å². The van der Waals surface area contributed by atoms with E-state index in [1.54, 1.807) is 30.7 Å². The number of halogens is 3. The molecule has 1 aliphatic rings. The standard InChI is InChI=1S/C22H19F3N8O2/c23-22(24,25)35-16-1-2-17-13(8-16)7-15(12-27-17)30-19-9-18(14-10-28-20(26)29-11-14)31-21(32-19)33-3-5-34-6-4-33/h1-2,7-12H,3-6H2,(H2,26,28,29)(H,30,31,32). The first-order chi connectivity index (χ1) is 16.8. The van der Waals surface area contributed by atoms with Crippen LogP contribution in [-0.4, -0.2) is 57.6 Å². The lowest BCUT2D eigenvalue weighted by Crippen LogP contribution is -2.37. The molecule has 0 unspecified atom stereocenters. The SMILES string of the molecule is Nc1ncc(-c2cc(Nc3cnc4ccc(OC(F)(F)F)cc4c3)nc(N3CCOCC3)n2)cn1. The maximum Gasteiger partial charge on any atom is 0.573 e. The molecule has 1 aliphatic heterocycles. The largest absolute Gasteiger partial charge is 0.573 e. The summed E-state index contributed by atoms with van der Waals surface area (Å²) in [6.07, 6.45) is -0.0836. The van der Waals surface area contributed by atoms with Crippen LogP contribution in [0.4, 0.5) is 36.6 Å². The van der Waals surface area contributed by atoms with E-state index >= 15 is 0 Å². The van der Waals surface area contributed by atoms with Crippen LogP contribution >= 0.6 is 0 Å². The third-order valence-electron chi connectivity index (χ3n) is 5.13. The number of anilines is 4. The smallest absolute Gasteiger partial charge is 0.406 e. The third kappa shape index (κ3) is 5.46. The van der Waals surface area contributed by atoms with Crippen molar-refractivity contribution in [1.82, 2.24) is 24.9 Å². The monoisotopic (exact) mass is 484 g/mol. The van der Waals surface area contributed by atoms with Gasteiger partial charge in [0.2, 0.25) is 11.9 Å². The molecule has 0 spiro atoms. The van der Waals surface area contributed by atoms with Gasteiger partial charge < -0.3 is 25.4 Å². The van der Waals surface area contributed by atoms with Crippen molar-refractivity contribution in [3.63, 3.8) is 0 Å². The van der Waals surface area contributed by atoms with E-state index in [1.165, 1.54) is 18.2 Å². The number of nitrogens with one attached hydrogen (secondary N) is 1. The van der Waals surface area contributed by atoms with Gasteiger partial charge in [-0.3, -0.25) is 4.98 Å². The van der Waals surface area contributed by atoms with E-state index in [4.69, 9.17) is 10.5 Å². The number of nitrogens with zero attached hydrogens (tertiary/aromatic N) is 6. The van der Waals surface area contributed by atoms with E-state index in [-0.39, 0.29) is 11.7 Å². The zero-order valence-electron chi connectivity index (χ0n) is 18.2. The first-order valence-electron chi connectivity index (χ1n) is 10.5. The van der Waals surface area contributed by atoms with Crippen molar-refractivity contribution in [2.75, 3.05) is 42.3 Å². The minimum Gasteiger partial charge on any atom is -0.406 e. The van der Waals surface area contributed by atoms with E-state index in [2.05, 4.69) is 35.0 Å². The highest BCUT2D eigenvalue weighted by molar-refractivity contribution is 5.84. The molecule has 0 aliphatic carbocycles. The minimum absolute atomic E-state index is 0.144. The van der Waals surface area contributed by atoms with E-state index in [0.717, 1.165) is 0 Å². The van der Waals surface area contributed by atoms with Crippen LogP contribution in [0.15, 0.2) is 48.9 Å². The predicted molar refractivity (Wildman–Crippen MR) is 122 cm³/mol. The number of alkyl halides is 3. The second kappa shape index (κ2) is 9.18. The summed E-state index contributed by atoms with van der Waals surface area (Å²) in [5.41, 5.74) is 7.85. The maximum atomic E-state index is 12.6. The summed E-state index contributed by atoms with van der Waals surface area (Å²) in [6, 6.07) is 7.33. The van der Waals surface area contributed by atoms with Crippen LogP contribution in [0.25, 0.3) is 22.2 Å². The third-order valence-corrected chi connectivity index (χ3v) is 5.13. The molecule has 1 saturated heterocycles. The number of hydrogen-bond acceptors (Lipinski definition) is 10. The molecule has 0 bridgehead atoms. The molecule has 0 amide bonds. The van der Waals surface area contributed by atoms with Crippen molar-refractivity contribution in [3.05, 3.63) is 48.9 Å². The van der Waals surface area contributed by atoms with Crippen LogP contribution in [0.3, 0.4) is 0 Å². The summed E-state index contributed by atoms with van der Waals surface area (Å²) in [4.78, 5) is 23.6. The lowest BCUT2D eigenvalue weighted by molar-refractivity contribution is -0.274. The number of nitrogen functional groups attached to an aromatic ring is 1. The average Bonchev–Trinajstić information content (AvgIpc) is 2.84. The Labute approximate surface area is 197 Å². The highest BCUT2D eigenvalue weighted by Crippen LogP contribution is 2.29. The van der Waals surface area contributed by atoms with Crippen molar-refractivity contribution in [3.8, 4) is 17.0 Å². The van der Waals surface area contributed by atoms with Crippen molar-refractivity contribution < 1.29 is 22.6 Å². The maximum absolute atomic E-state index is 12.6. The van der Waals surface area contributed by atoms with Gasteiger partial charge in [0.1, 0.15) is 11.6 Å². The molecule has 180 valence electrons. The molecule has 4 aromatic rings. The van der Waals surface area contributed by atoms with Crippen molar-refractivity contribution in [1.29, 1.82) is 0 Å². The van der Waals surface area contributed by atoms with Gasteiger partial charge >= 0.3 is 6.36 Å². The molecular formula is C22H19F3N8O2. The zero-order valence-corrected chi connectivity index (χ0v) is 18.2. The predicted octanol–water partition coefficient (Wildman–Crippen LogP) is 3.54. The number of morpholine rings is 1. The Kier molecular flexibility index (Phi) is 5.91. The summed E-state index contributed by atoms with van der Waals surface area (Å²) in [5.74, 6) is 0.758. The van der Waals surface area contributed by atoms with E-state index in [9.17, 15) is 13.2 Å². The molecule has 3 aromatic heterocycles. The van der Waals surface area contributed by atoms with E-state index in [0.29, 0.717) is 65.9 Å². The highest BCUT2D eigenvalue weighted by Gasteiger charge is 2.31. The summed E-state index contributed by atoms with van der Waals surface area (Å²) in [7, 11) is 0. The fourth-order valence-electron chi connectivity index (χ4n) is 3.54. The molecule has 1 fully saturated rings. The Balaban J connectivity index is 1.49. The molecule has 3 N–H and O–H groups in total. The second-order valence-electron chi connectivity index (χ2n) is 7.62. The number of aromatic nitrogens is 5. The van der Waals surface area contributed by atoms with Gasteiger partial charge in [-0.2, -0.15) is 4.98 Å². The first kappa shape index (κ1) is 22.5. The van der Waals surface area contributed by atoms with E-state index < -0.39 is 6.36 Å². The molecule has 35 heavy (non-hydrogen) atoms. The number of benzene rings is 1. The van der Waals surface area contributed by atoms with Crippen LogP contribution < -0.4 is 20.7 Å². The quantitative estimate of drug-likeness (QED) is 0.435. The molecule has 10 nitrogen and oxygen atoms in total. The number of nitrogens with two attached hydrogens (primary N) is 1. The Morgan fingerprint density at radius 1 is 0.971 bits per heavy atom. The molecule has 5 rings (SSSR count). The van der Waals surface area contributed by atoms with E-state index in [1.807, 2.05) is 4.90 Å². The summed E-state index contributed by atoms with van der Waals surface area (Å²) >= 11 is 0. The van der Waals surface area contributed by atoms with Crippen LogP contribution in [-0.2, 0) is 4.74 Å². The number of ether oxygens (including phenoxy) is 2. The first-order valence-corrected chi connectivity index (χ1v) is 10.5. The number of pyridine rings is 1. The van der Waals surface area contributed by atoms with Crippen LogP contribution in [0.5, 0.6) is 5.75 Å². The summed E-state index contributed by atoms with van der Waals surface area (Å²) in [5, 5.41) is 3.63. The van der Waals surface area contributed by atoms with Crippen LogP contribution in [0, 0.1) is 0 Å². The molecule has 13 heteroatoms. The van der Waals surface area contributed by atoms with Crippen LogP contribution in [0.2, 0.25) is 0 Å². The van der Waals surface area contributed by atoms with Crippen molar-refractivity contribution >= 4 is 34.3 Å². The fourth-order valence-corrected chi connectivity index (χ4v) is 3.54.